The second kappa shape index (κ2) is 3.61. The quantitative estimate of drug-likeness (QED) is 0.635. The molecule has 1 heterocycles. The largest absolute Gasteiger partial charge is 0.279 e. The number of thioether (sulfide) groups is 1. The van der Waals surface area contributed by atoms with Gasteiger partial charge in [-0.25, -0.2) is 0 Å². The first-order valence-corrected chi connectivity index (χ1v) is 5.37. The monoisotopic (exact) mass is 171 g/mol. The normalized spacial score (nSPS) is 27.7. The van der Waals surface area contributed by atoms with Gasteiger partial charge in [-0.2, -0.15) is 0 Å². The van der Waals surface area contributed by atoms with Crippen molar-refractivity contribution in [1.29, 1.82) is 0 Å². The molecule has 0 aromatic heterocycles. The van der Waals surface area contributed by atoms with Gasteiger partial charge in [0.25, 0.3) is 0 Å². The summed E-state index contributed by atoms with van der Waals surface area (Å²) in [6.07, 6.45) is 5.69. The van der Waals surface area contributed by atoms with Gasteiger partial charge in [-0.1, -0.05) is 20.8 Å². The van der Waals surface area contributed by atoms with Gasteiger partial charge in [-0.3, -0.25) is 4.99 Å². The molecule has 0 N–H and O–H groups in total. The van der Waals surface area contributed by atoms with Crippen LogP contribution < -0.4 is 0 Å². The summed E-state index contributed by atoms with van der Waals surface area (Å²) >= 11 is 2.04. The third kappa shape index (κ3) is 1.78. The summed E-state index contributed by atoms with van der Waals surface area (Å²) in [4.78, 5) is 4.83. The first kappa shape index (κ1) is 9.11. The average Bonchev–Trinajstić information content (AvgIpc) is 2.49. The molecule has 0 fully saturated rings. The molecule has 1 atom stereocenters. The number of aliphatic imine (C=N–C) groups is 1. The minimum absolute atomic E-state index is 0.237. The maximum atomic E-state index is 4.59. The first-order chi connectivity index (χ1) is 5.26. The molecule has 64 valence electrons. The Balaban J connectivity index is 2.57. The molecule has 11 heavy (non-hydrogen) atoms. The van der Waals surface area contributed by atoms with Gasteiger partial charge in [0.2, 0.25) is 0 Å². The van der Waals surface area contributed by atoms with Crippen molar-refractivity contribution in [3.63, 3.8) is 0 Å². The summed E-state index contributed by atoms with van der Waals surface area (Å²) < 4.78 is 0. The molecule has 0 aromatic carbocycles. The number of nitrogens with zero attached hydrogens (tertiary/aromatic N) is 1. The van der Waals surface area contributed by atoms with Crippen LogP contribution in [0, 0.1) is 0 Å². The second-order valence-corrected chi connectivity index (χ2v) is 4.60. The Bertz CT molecular complexity index is 150. The molecular weight excluding hydrogens is 154 g/mol. The molecule has 1 unspecified atom stereocenters. The predicted octanol–water partition coefficient (Wildman–Crippen LogP) is 3.10. The zero-order valence-electron chi connectivity index (χ0n) is 7.63. The predicted molar refractivity (Wildman–Crippen MR) is 53.5 cm³/mol. The van der Waals surface area contributed by atoms with Crippen LogP contribution in [0.2, 0.25) is 0 Å². The molecule has 1 nitrogen and oxygen atoms in total. The van der Waals surface area contributed by atoms with Crippen molar-refractivity contribution in [2.75, 3.05) is 0 Å². The Kier molecular flexibility index (Phi) is 2.99. The van der Waals surface area contributed by atoms with Crippen molar-refractivity contribution in [3.05, 3.63) is 0 Å². The number of hydrogen-bond acceptors (Lipinski definition) is 2. The van der Waals surface area contributed by atoms with Gasteiger partial charge >= 0.3 is 0 Å². The SMILES string of the molecule is CCC1C=NC(CC)(CC)S1. The summed E-state index contributed by atoms with van der Waals surface area (Å²) in [7, 11) is 0. The van der Waals surface area contributed by atoms with Crippen molar-refractivity contribution in [2.45, 2.75) is 50.2 Å². The highest BCUT2D eigenvalue weighted by Gasteiger charge is 2.32. The molecule has 0 bridgehead atoms. The van der Waals surface area contributed by atoms with E-state index in [2.05, 4.69) is 32.0 Å². The lowest BCUT2D eigenvalue weighted by molar-refractivity contribution is 0.583. The second-order valence-electron chi connectivity index (χ2n) is 3.00. The van der Waals surface area contributed by atoms with Gasteiger partial charge in [0, 0.05) is 11.5 Å². The van der Waals surface area contributed by atoms with Crippen LogP contribution in [0.15, 0.2) is 4.99 Å². The van der Waals surface area contributed by atoms with E-state index in [9.17, 15) is 0 Å². The van der Waals surface area contributed by atoms with Crippen LogP contribution in [0.25, 0.3) is 0 Å². The molecule has 0 radical (unpaired) electrons. The van der Waals surface area contributed by atoms with E-state index in [0.717, 1.165) is 0 Å². The minimum Gasteiger partial charge on any atom is -0.279 e. The van der Waals surface area contributed by atoms with Gasteiger partial charge in [-0.15, -0.1) is 11.8 Å². The van der Waals surface area contributed by atoms with Gasteiger partial charge in [0.15, 0.2) is 0 Å². The van der Waals surface area contributed by atoms with Crippen LogP contribution in [0.5, 0.6) is 0 Å². The average molecular weight is 171 g/mol. The van der Waals surface area contributed by atoms with Crippen molar-refractivity contribution in [3.8, 4) is 0 Å². The molecule has 0 aliphatic carbocycles. The molecule has 0 spiro atoms. The molecule has 1 rings (SSSR count). The van der Waals surface area contributed by atoms with E-state index >= 15 is 0 Å². The third-order valence-electron chi connectivity index (χ3n) is 2.35. The number of hydrogen-bond donors (Lipinski definition) is 0. The van der Waals surface area contributed by atoms with E-state index in [1.807, 2.05) is 11.8 Å². The van der Waals surface area contributed by atoms with E-state index in [1.54, 1.807) is 0 Å². The van der Waals surface area contributed by atoms with Gasteiger partial charge in [-0.05, 0) is 19.3 Å². The van der Waals surface area contributed by atoms with E-state index in [1.165, 1.54) is 19.3 Å². The lowest BCUT2D eigenvalue weighted by atomic mass is 10.2. The summed E-state index contributed by atoms with van der Waals surface area (Å²) in [5.41, 5.74) is 0. The summed E-state index contributed by atoms with van der Waals surface area (Å²) in [6.45, 7) is 6.68. The molecule has 1 aliphatic rings. The van der Waals surface area contributed by atoms with Crippen LogP contribution in [-0.4, -0.2) is 16.3 Å². The molecule has 1 aliphatic heterocycles. The summed E-state index contributed by atoms with van der Waals surface area (Å²) in [5.74, 6) is 0. The highest BCUT2D eigenvalue weighted by molar-refractivity contribution is 8.02. The fourth-order valence-electron chi connectivity index (χ4n) is 1.35. The van der Waals surface area contributed by atoms with E-state index < -0.39 is 0 Å². The Morgan fingerprint density at radius 2 is 2.00 bits per heavy atom. The first-order valence-electron chi connectivity index (χ1n) is 4.49. The zero-order chi connectivity index (χ0) is 8.32. The third-order valence-corrected chi connectivity index (χ3v) is 4.23. The van der Waals surface area contributed by atoms with Crippen LogP contribution in [0.1, 0.15) is 40.0 Å². The fraction of sp³-hybridized carbons (Fsp3) is 0.889. The van der Waals surface area contributed by atoms with Gasteiger partial charge in [0.05, 0.1) is 0 Å². The number of rotatable bonds is 3. The Labute approximate surface area is 73.7 Å². The van der Waals surface area contributed by atoms with Crippen LogP contribution >= 0.6 is 11.8 Å². The molecule has 0 aromatic rings. The van der Waals surface area contributed by atoms with E-state index in [-0.39, 0.29) is 4.87 Å². The molecule has 2 heteroatoms. The highest BCUT2D eigenvalue weighted by atomic mass is 32.2. The maximum absolute atomic E-state index is 4.59. The summed E-state index contributed by atoms with van der Waals surface area (Å²) in [5, 5.41) is 0.676. The minimum atomic E-state index is 0.237. The topological polar surface area (TPSA) is 12.4 Å². The fourth-order valence-corrected chi connectivity index (χ4v) is 2.66. The van der Waals surface area contributed by atoms with E-state index in [4.69, 9.17) is 0 Å². The van der Waals surface area contributed by atoms with E-state index in [0.29, 0.717) is 5.25 Å². The molecule has 0 saturated carbocycles. The summed E-state index contributed by atoms with van der Waals surface area (Å²) in [6, 6.07) is 0. The molecule has 0 amide bonds. The Hall–Kier alpha value is 0.0200. The van der Waals surface area contributed by atoms with Gasteiger partial charge in [0.1, 0.15) is 4.87 Å². The van der Waals surface area contributed by atoms with Crippen LogP contribution in [-0.2, 0) is 0 Å². The Morgan fingerprint density at radius 1 is 1.36 bits per heavy atom. The maximum Gasteiger partial charge on any atom is 0.105 e. The highest BCUT2D eigenvalue weighted by Crippen LogP contribution is 2.41. The van der Waals surface area contributed by atoms with Crippen molar-refractivity contribution >= 4 is 18.0 Å². The van der Waals surface area contributed by atoms with Crippen molar-refractivity contribution in [1.82, 2.24) is 0 Å². The van der Waals surface area contributed by atoms with Crippen LogP contribution in [0.3, 0.4) is 0 Å². The van der Waals surface area contributed by atoms with Crippen molar-refractivity contribution in [2.24, 2.45) is 4.99 Å². The Morgan fingerprint density at radius 3 is 2.27 bits per heavy atom. The lowest BCUT2D eigenvalue weighted by Gasteiger charge is -2.22. The molecule has 0 saturated heterocycles. The smallest absolute Gasteiger partial charge is 0.105 e. The van der Waals surface area contributed by atoms with Crippen LogP contribution in [0.4, 0.5) is 0 Å². The lowest BCUT2D eigenvalue weighted by Crippen LogP contribution is -2.17. The van der Waals surface area contributed by atoms with Gasteiger partial charge < -0.3 is 0 Å². The standard InChI is InChI=1S/C9H17NS/c1-4-8-7-10-9(5-2,6-3)11-8/h7-8H,4-6H2,1-3H3. The molecular formula is C9H17NS. The zero-order valence-corrected chi connectivity index (χ0v) is 8.45. The van der Waals surface area contributed by atoms with Crippen molar-refractivity contribution < 1.29 is 0 Å².